The molecule has 364 valence electrons. The Kier molecular flexibility index (Phi) is 48.2. The van der Waals surface area contributed by atoms with Gasteiger partial charge in [0.25, 0.3) is 0 Å². The third kappa shape index (κ3) is 49.8. The van der Waals surface area contributed by atoms with Gasteiger partial charge in [0.05, 0.1) is 0 Å². The van der Waals surface area contributed by atoms with E-state index in [2.05, 4.69) is 161 Å². The Morgan fingerprint density at radius 2 is 0.652 bits per heavy atom. The van der Waals surface area contributed by atoms with E-state index in [0.717, 1.165) is 116 Å². The maximum atomic E-state index is 12.8. The second-order valence-electron chi connectivity index (χ2n) is 15.6. The molecule has 0 saturated carbocycles. The Morgan fingerprint density at radius 3 is 1.08 bits per heavy atom. The van der Waals surface area contributed by atoms with Crippen LogP contribution < -0.4 is 0 Å². The molecule has 1 atom stereocenters. The fraction of sp³-hybridized carbons (Fsp3) is 0.483. The number of carbonyl (C=O) groups excluding carboxylic acids is 3. The molecule has 0 aliphatic heterocycles. The van der Waals surface area contributed by atoms with Crippen LogP contribution in [0.25, 0.3) is 0 Å². The van der Waals surface area contributed by atoms with Gasteiger partial charge in [0, 0.05) is 19.3 Å². The Labute approximate surface area is 402 Å². The number of hydrogen-bond acceptors (Lipinski definition) is 6. The van der Waals surface area contributed by atoms with Crippen LogP contribution in [0.3, 0.4) is 0 Å². The molecule has 0 radical (unpaired) electrons. The van der Waals surface area contributed by atoms with Crippen LogP contribution in [0.15, 0.2) is 170 Å². The Bertz CT molecular complexity index is 1600. The predicted octanol–water partition coefficient (Wildman–Crippen LogP) is 16.8. The highest BCUT2D eigenvalue weighted by atomic mass is 16.6. The maximum absolute atomic E-state index is 12.8. The van der Waals surface area contributed by atoms with Crippen LogP contribution in [-0.4, -0.2) is 37.2 Å². The standard InChI is InChI=1S/C60H88O6/c1-4-7-10-13-16-19-22-25-27-29-30-31-33-35-38-41-44-47-50-53-59(62)65-56-57(55-64-58(61)52-49-46-43-40-37-34-24-21-18-15-12-9-6-3)66-60(63)54-51-48-45-42-39-36-32-28-26-23-20-17-14-11-8-5-2/h7-12,15-21,24-28,30-31,35-36,38-39,44-45,47-48,57H,4-6,13-14,22-23,29,32-34,37,40-43,46,49-56H2,1-3H3/b10-7+,11-8+,12-9+,18-15+,19-16+,20-17+,24-21+,27-25+,28-26+,31-30+,38-35+,39-36+,47-44+,48-45+. The molecular formula is C60H88O6. The molecule has 0 saturated heterocycles. The molecule has 0 aromatic carbocycles. The normalized spacial score (nSPS) is 13.6. The summed E-state index contributed by atoms with van der Waals surface area (Å²) in [5, 5.41) is 0. The van der Waals surface area contributed by atoms with Crippen molar-refractivity contribution in [2.75, 3.05) is 13.2 Å². The number of esters is 3. The van der Waals surface area contributed by atoms with Crippen LogP contribution in [0.1, 0.15) is 168 Å². The van der Waals surface area contributed by atoms with Crippen molar-refractivity contribution < 1.29 is 28.6 Å². The molecule has 0 aromatic heterocycles. The third-order valence-electron chi connectivity index (χ3n) is 9.54. The van der Waals surface area contributed by atoms with E-state index in [4.69, 9.17) is 14.2 Å². The zero-order valence-corrected chi connectivity index (χ0v) is 41.4. The van der Waals surface area contributed by atoms with E-state index >= 15 is 0 Å². The van der Waals surface area contributed by atoms with Crippen LogP contribution in [-0.2, 0) is 28.6 Å². The topological polar surface area (TPSA) is 78.9 Å². The lowest BCUT2D eigenvalue weighted by Gasteiger charge is -2.18. The third-order valence-corrected chi connectivity index (χ3v) is 9.54. The first kappa shape index (κ1) is 60.8. The lowest BCUT2D eigenvalue weighted by Crippen LogP contribution is -2.30. The van der Waals surface area contributed by atoms with Crippen molar-refractivity contribution in [2.45, 2.75) is 175 Å². The van der Waals surface area contributed by atoms with E-state index in [1.807, 2.05) is 30.4 Å². The Morgan fingerprint density at radius 1 is 0.318 bits per heavy atom. The molecule has 0 amide bonds. The molecule has 0 spiro atoms. The molecular weight excluding hydrogens is 817 g/mol. The fourth-order valence-electron chi connectivity index (χ4n) is 5.87. The highest BCUT2D eigenvalue weighted by Gasteiger charge is 2.19. The number of unbranched alkanes of at least 4 members (excludes halogenated alkanes) is 5. The van der Waals surface area contributed by atoms with Crippen LogP contribution in [0, 0.1) is 0 Å². The minimum atomic E-state index is -0.866. The largest absolute Gasteiger partial charge is 0.462 e. The number of carbonyl (C=O) groups is 3. The lowest BCUT2D eigenvalue weighted by molar-refractivity contribution is -0.166. The molecule has 0 heterocycles. The molecule has 0 bridgehead atoms. The van der Waals surface area contributed by atoms with Gasteiger partial charge in [-0.15, -0.1) is 0 Å². The minimum absolute atomic E-state index is 0.151. The van der Waals surface area contributed by atoms with Gasteiger partial charge in [0.1, 0.15) is 13.2 Å². The van der Waals surface area contributed by atoms with E-state index in [9.17, 15) is 14.4 Å². The van der Waals surface area contributed by atoms with Crippen LogP contribution in [0.2, 0.25) is 0 Å². The summed E-state index contributed by atoms with van der Waals surface area (Å²) >= 11 is 0. The van der Waals surface area contributed by atoms with Gasteiger partial charge in [-0.25, -0.2) is 0 Å². The summed E-state index contributed by atoms with van der Waals surface area (Å²) in [7, 11) is 0. The Balaban J connectivity index is 4.68. The summed E-state index contributed by atoms with van der Waals surface area (Å²) in [6.45, 7) is 6.09. The lowest BCUT2D eigenvalue weighted by atomic mass is 10.1. The second-order valence-corrected chi connectivity index (χ2v) is 15.6. The van der Waals surface area contributed by atoms with Crippen molar-refractivity contribution in [3.63, 3.8) is 0 Å². The molecule has 0 aliphatic carbocycles. The van der Waals surface area contributed by atoms with Gasteiger partial charge in [-0.3, -0.25) is 14.4 Å². The van der Waals surface area contributed by atoms with Crippen molar-refractivity contribution >= 4 is 17.9 Å². The van der Waals surface area contributed by atoms with Crippen molar-refractivity contribution in [3.05, 3.63) is 170 Å². The number of rotatable bonds is 42. The van der Waals surface area contributed by atoms with Gasteiger partial charge in [-0.2, -0.15) is 0 Å². The average Bonchev–Trinajstić information content (AvgIpc) is 3.31. The molecule has 6 nitrogen and oxygen atoms in total. The van der Waals surface area contributed by atoms with Gasteiger partial charge < -0.3 is 14.2 Å². The molecule has 66 heavy (non-hydrogen) atoms. The van der Waals surface area contributed by atoms with Gasteiger partial charge in [-0.1, -0.05) is 210 Å². The molecule has 6 heteroatoms. The second kappa shape index (κ2) is 52.4. The Hall–Kier alpha value is -5.23. The smallest absolute Gasteiger partial charge is 0.306 e. The van der Waals surface area contributed by atoms with Crippen LogP contribution in [0.4, 0.5) is 0 Å². The SMILES string of the molecule is CC/C=C/C=C/C=C/CCCCCCCC(=O)OCC(COC(=O)CC/C=C/C/C=C/C/C=C/C/C=C/C/C=C/C/C=C/CC)OC(=O)CC/C=C/C/C=C/C/C=C/C/C=C/C/C=C/CC. The molecule has 0 aliphatic rings. The highest BCUT2D eigenvalue weighted by molar-refractivity contribution is 5.71. The summed E-state index contributed by atoms with van der Waals surface area (Å²) in [4.78, 5) is 37.9. The monoisotopic (exact) mass is 905 g/mol. The van der Waals surface area contributed by atoms with E-state index in [0.29, 0.717) is 19.3 Å². The van der Waals surface area contributed by atoms with Gasteiger partial charge in [0.15, 0.2) is 6.10 Å². The van der Waals surface area contributed by atoms with Crippen molar-refractivity contribution in [3.8, 4) is 0 Å². The summed E-state index contributed by atoms with van der Waals surface area (Å²) in [5.41, 5.74) is 0. The zero-order valence-electron chi connectivity index (χ0n) is 41.4. The number of ether oxygens (including phenoxy) is 3. The van der Waals surface area contributed by atoms with Crippen LogP contribution in [0.5, 0.6) is 0 Å². The summed E-state index contributed by atoms with van der Waals surface area (Å²) in [6.07, 6.45) is 77.9. The van der Waals surface area contributed by atoms with Gasteiger partial charge >= 0.3 is 17.9 Å². The van der Waals surface area contributed by atoms with Crippen molar-refractivity contribution in [1.29, 1.82) is 0 Å². The van der Waals surface area contributed by atoms with Gasteiger partial charge in [-0.05, 0) is 109 Å². The van der Waals surface area contributed by atoms with E-state index in [1.165, 1.54) is 0 Å². The van der Waals surface area contributed by atoms with Gasteiger partial charge in [0.2, 0.25) is 0 Å². The molecule has 0 N–H and O–H groups in total. The first-order chi connectivity index (χ1) is 32.5. The average molecular weight is 905 g/mol. The van der Waals surface area contributed by atoms with E-state index < -0.39 is 18.0 Å². The maximum Gasteiger partial charge on any atom is 0.306 e. The highest BCUT2D eigenvalue weighted by Crippen LogP contribution is 2.10. The van der Waals surface area contributed by atoms with E-state index in [1.54, 1.807) is 0 Å². The summed E-state index contributed by atoms with van der Waals surface area (Å²) < 4.78 is 16.6. The molecule has 0 rings (SSSR count). The number of allylic oxidation sites excluding steroid dienone is 28. The van der Waals surface area contributed by atoms with Crippen molar-refractivity contribution in [1.82, 2.24) is 0 Å². The predicted molar refractivity (Wildman–Crippen MR) is 283 cm³/mol. The molecule has 1 unspecified atom stereocenters. The molecule has 0 aromatic rings. The fourth-order valence-corrected chi connectivity index (χ4v) is 5.87. The minimum Gasteiger partial charge on any atom is -0.462 e. The van der Waals surface area contributed by atoms with Crippen LogP contribution >= 0.6 is 0 Å². The first-order valence-corrected chi connectivity index (χ1v) is 25.2. The number of hydrogen-bond donors (Lipinski definition) is 0. The first-order valence-electron chi connectivity index (χ1n) is 25.2. The summed E-state index contributed by atoms with van der Waals surface area (Å²) in [6, 6.07) is 0. The van der Waals surface area contributed by atoms with E-state index in [-0.39, 0.29) is 32.0 Å². The van der Waals surface area contributed by atoms with Crippen molar-refractivity contribution in [2.24, 2.45) is 0 Å². The molecule has 0 fully saturated rings. The quantitative estimate of drug-likeness (QED) is 0.0200. The summed E-state index contributed by atoms with van der Waals surface area (Å²) in [5.74, 6) is -1.16. The zero-order chi connectivity index (χ0) is 47.9.